The summed E-state index contributed by atoms with van der Waals surface area (Å²) in [7, 11) is 0. The van der Waals surface area contributed by atoms with Crippen LogP contribution in [0.2, 0.25) is 5.15 Å². The van der Waals surface area contributed by atoms with E-state index in [-0.39, 0.29) is 5.56 Å². The van der Waals surface area contributed by atoms with E-state index in [4.69, 9.17) is 11.6 Å². The Morgan fingerprint density at radius 1 is 1.35 bits per heavy atom. The zero-order valence-corrected chi connectivity index (χ0v) is 11.8. The van der Waals surface area contributed by atoms with Crippen LogP contribution in [-0.2, 0) is 13.0 Å². The van der Waals surface area contributed by atoms with Gasteiger partial charge in [0.1, 0.15) is 5.15 Å². The van der Waals surface area contributed by atoms with E-state index in [1.54, 1.807) is 4.68 Å². The standard InChI is InChI=1S/C13H23ClN2O/c1-4-6-8-11-12(14)16(15-13(11)17)9-10(3)7-5-2/h10H,4-9H2,1-3H3,(H,15,17). The van der Waals surface area contributed by atoms with Crippen molar-refractivity contribution in [2.45, 2.75) is 59.4 Å². The van der Waals surface area contributed by atoms with Gasteiger partial charge < -0.3 is 0 Å². The van der Waals surface area contributed by atoms with Crippen molar-refractivity contribution in [1.29, 1.82) is 0 Å². The molecular formula is C13H23ClN2O. The average Bonchev–Trinajstić information content (AvgIpc) is 2.52. The van der Waals surface area contributed by atoms with E-state index in [1.807, 2.05) is 0 Å². The minimum atomic E-state index is -0.0212. The average molecular weight is 259 g/mol. The smallest absolute Gasteiger partial charge is 0.268 e. The molecular weight excluding hydrogens is 236 g/mol. The number of hydrogen-bond acceptors (Lipinski definition) is 1. The number of hydrogen-bond donors (Lipinski definition) is 1. The summed E-state index contributed by atoms with van der Waals surface area (Å²) in [6.45, 7) is 7.27. The Kier molecular flexibility index (Phi) is 5.83. The van der Waals surface area contributed by atoms with Gasteiger partial charge in [-0.05, 0) is 25.2 Å². The molecule has 1 heterocycles. The molecule has 0 saturated carbocycles. The van der Waals surface area contributed by atoms with Crippen LogP contribution in [0.1, 0.15) is 52.0 Å². The lowest BCUT2D eigenvalue weighted by atomic mass is 10.1. The van der Waals surface area contributed by atoms with Crippen LogP contribution in [0.15, 0.2) is 4.79 Å². The number of rotatable bonds is 7. The maximum atomic E-state index is 11.7. The summed E-state index contributed by atoms with van der Waals surface area (Å²) in [5.41, 5.74) is 0.726. The molecule has 0 saturated heterocycles. The van der Waals surface area contributed by atoms with Gasteiger partial charge in [-0.2, -0.15) is 0 Å². The first kappa shape index (κ1) is 14.4. The summed E-state index contributed by atoms with van der Waals surface area (Å²) in [4.78, 5) is 11.7. The number of H-pyrrole nitrogens is 1. The number of aromatic amines is 1. The van der Waals surface area contributed by atoms with Crippen LogP contribution in [0.5, 0.6) is 0 Å². The summed E-state index contributed by atoms with van der Waals surface area (Å²) in [6.07, 6.45) is 5.18. The summed E-state index contributed by atoms with van der Waals surface area (Å²) in [6, 6.07) is 0. The first-order valence-electron chi connectivity index (χ1n) is 6.57. The molecule has 0 spiro atoms. The molecule has 1 rings (SSSR count). The highest BCUT2D eigenvalue weighted by Crippen LogP contribution is 2.17. The molecule has 1 atom stereocenters. The lowest BCUT2D eigenvalue weighted by molar-refractivity contribution is 0.419. The Labute approximate surface area is 108 Å². The molecule has 3 nitrogen and oxygen atoms in total. The van der Waals surface area contributed by atoms with Gasteiger partial charge in [0.15, 0.2) is 0 Å². The van der Waals surface area contributed by atoms with E-state index in [9.17, 15) is 4.79 Å². The van der Waals surface area contributed by atoms with Crippen LogP contribution in [-0.4, -0.2) is 9.78 Å². The number of aromatic nitrogens is 2. The fourth-order valence-electron chi connectivity index (χ4n) is 2.09. The normalized spacial score (nSPS) is 12.9. The highest BCUT2D eigenvalue weighted by atomic mass is 35.5. The molecule has 1 N–H and O–H groups in total. The van der Waals surface area contributed by atoms with E-state index in [1.165, 1.54) is 0 Å². The van der Waals surface area contributed by atoms with Crippen LogP contribution in [0.3, 0.4) is 0 Å². The van der Waals surface area contributed by atoms with Gasteiger partial charge in [-0.15, -0.1) is 0 Å². The molecule has 0 radical (unpaired) electrons. The third-order valence-electron chi connectivity index (χ3n) is 3.05. The van der Waals surface area contributed by atoms with Crippen LogP contribution < -0.4 is 5.56 Å². The van der Waals surface area contributed by atoms with Gasteiger partial charge in [0, 0.05) is 6.54 Å². The summed E-state index contributed by atoms with van der Waals surface area (Å²) in [5, 5.41) is 3.44. The molecule has 17 heavy (non-hydrogen) atoms. The van der Waals surface area contributed by atoms with Crippen molar-refractivity contribution in [3.05, 3.63) is 21.1 Å². The number of nitrogens with one attached hydrogen (secondary N) is 1. The molecule has 0 bridgehead atoms. The van der Waals surface area contributed by atoms with Gasteiger partial charge >= 0.3 is 0 Å². The van der Waals surface area contributed by atoms with Gasteiger partial charge in [-0.1, -0.05) is 45.2 Å². The second-order valence-corrected chi connectivity index (χ2v) is 5.18. The van der Waals surface area contributed by atoms with E-state index in [2.05, 4.69) is 25.9 Å². The van der Waals surface area contributed by atoms with Gasteiger partial charge in [-0.25, -0.2) is 0 Å². The first-order valence-corrected chi connectivity index (χ1v) is 6.95. The lowest BCUT2D eigenvalue weighted by Crippen LogP contribution is -2.12. The molecule has 1 unspecified atom stereocenters. The number of unbranched alkanes of at least 4 members (excludes halogenated alkanes) is 1. The van der Waals surface area contributed by atoms with Gasteiger partial charge in [-0.3, -0.25) is 14.6 Å². The largest absolute Gasteiger partial charge is 0.273 e. The zero-order chi connectivity index (χ0) is 12.8. The molecule has 1 aromatic heterocycles. The molecule has 1 aromatic rings. The molecule has 0 amide bonds. The third-order valence-corrected chi connectivity index (χ3v) is 3.48. The fraction of sp³-hybridized carbons (Fsp3) is 0.769. The quantitative estimate of drug-likeness (QED) is 0.797. The molecule has 98 valence electrons. The van der Waals surface area contributed by atoms with Gasteiger partial charge in [0.2, 0.25) is 0 Å². The topological polar surface area (TPSA) is 37.8 Å². The Bertz CT molecular complexity index is 395. The van der Waals surface area contributed by atoms with Gasteiger partial charge in [0.25, 0.3) is 5.56 Å². The van der Waals surface area contributed by atoms with Crippen molar-refractivity contribution in [1.82, 2.24) is 9.78 Å². The first-order chi connectivity index (χ1) is 8.10. The molecule has 4 heteroatoms. The van der Waals surface area contributed by atoms with Crippen LogP contribution in [0, 0.1) is 5.92 Å². The second-order valence-electron chi connectivity index (χ2n) is 4.82. The summed E-state index contributed by atoms with van der Waals surface area (Å²) in [5.74, 6) is 0.541. The van der Waals surface area contributed by atoms with Crippen LogP contribution >= 0.6 is 11.6 Å². The number of halogens is 1. The van der Waals surface area contributed by atoms with Crippen LogP contribution in [0.25, 0.3) is 0 Å². The third kappa shape index (κ3) is 3.91. The Balaban J connectivity index is 2.77. The minimum Gasteiger partial charge on any atom is -0.273 e. The van der Waals surface area contributed by atoms with Crippen molar-refractivity contribution < 1.29 is 0 Å². The Hall–Kier alpha value is -0.700. The predicted molar refractivity (Wildman–Crippen MR) is 72.7 cm³/mol. The lowest BCUT2D eigenvalue weighted by Gasteiger charge is -2.11. The van der Waals surface area contributed by atoms with E-state index >= 15 is 0 Å². The van der Waals surface area contributed by atoms with Gasteiger partial charge in [0.05, 0.1) is 5.56 Å². The van der Waals surface area contributed by atoms with Crippen molar-refractivity contribution in [2.75, 3.05) is 0 Å². The highest BCUT2D eigenvalue weighted by molar-refractivity contribution is 6.30. The van der Waals surface area contributed by atoms with E-state index in [0.29, 0.717) is 11.1 Å². The van der Waals surface area contributed by atoms with Crippen molar-refractivity contribution >= 4 is 11.6 Å². The minimum absolute atomic E-state index is 0.0212. The summed E-state index contributed by atoms with van der Waals surface area (Å²) >= 11 is 6.24. The maximum Gasteiger partial charge on any atom is 0.268 e. The monoisotopic (exact) mass is 258 g/mol. The van der Waals surface area contributed by atoms with E-state index in [0.717, 1.165) is 44.2 Å². The SMILES string of the molecule is CCCCc1c(Cl)n(CC(C)CCC)[nH]c1=O. The van der Waals surface area contributed by atoms with Crippen LogP contribution in [0.4, 0.5) is 0 Å². The maximum absolute atomic E-state index is 11.7. The molecule has 0 fully saturated rings. The second kappa shape index (κ2) is 6.90. The summed E-state index contributed by atoms with van der Waals surface area (Å²) < 4.78 is 1.80. The Morgan fingerprint density at radius 2 is 2.06 bits per heavy atom. The predicted octanol–water partition coefficient (Wildman–Crippen LogP) is 3.61. The molecule has 0 aliphatic heterocycles. The molecule has 0 aromatic carbocycles. The van der Waals surface area contributed by atoms with Crippen molar-refractivity contribution in [3.8, 4) is 0 Å². The number of nitrogens with zero attached hydrogens (tertiary/aromatic N) is 1. The highest BCUT2D eigenvalue weighted by Gasteiger charge is 2.13. The van der Waals surface area contributed by atoms with E-state index < -0.39 is 0 Å². The van der Waals surface area contributed by atoms with Crippen molar-refractivity contribution in [3.63, 3.8) is 0 Å². The fourth-order valence-corrected chi connectivity index (χ4v) is 2.38. The Morgan fingerprint density at radius 3 is 2.65 bits per heavy atom. The molecule has 0 aliphatic carbocycles. The van der Waals surface area contributed by atoms with Crippen molar-refractivity contribution in [2.24, 2.45) is 5.92 Å². The zero-order valence-electron chi connectivity index (χ0n) is 11.1. The molecule has 0 aliphatic rings.